The molecule has 2 heterocycles. The molecule has 3 rings (SSSR count). The minimum Gasteiger partial charge on any atom is -0.349 e. The number of alkyl halides is 3. The van der Waals surface area contributed by atoms with E-state index in [0.717, 1.165) is 5.56 Å². The van der Waals surface area contributed by atoms with Crippen LogP contribution in [0.3, 0.4) is 0 Å². The minimum atomic E-state index is -4.41. The smallest absolute Gasteiger partial charge is 0.349 e. The van der Waals surface area contributed by atoms with E-state index in [2.05, 4.69) is 15.6 Å². The predicted octanol–water partition coefficient (Wildman–Crippen LogP) is 2.68. The normalized spacial score (nSPS) is 16.9. The van der Waals surface area contributed by atoms with E-state index in [4.69, 9.17) is 0 Å². The number of amides is 1. The lowest BCUT2D eigenvalue weighted by molar-refractivity contribution is -0.183. The van der Waals surface area contributed by atoms with E-state index in [1.807, 2.05) is 30.3 Å². The number of nitrogens with zero attached hydrogens (tertiary/aromatic N) is 2. The quantitative estimate of drug-likeness (QED) is 0.813. The van der Waals surface area contributed by atoms with Crippen molar-refractivity contribution in [3.8, 4) is 11.3 Å². The van der Waals surface area contributed by atoms with Crippen molar-refractivity contribution in [1.82, 2.24) is 20.5 Å². The van der Waals surface area contributed by atoms with Crippen molar-refractivity contribution in [3.05, 3.63) is 40.2 Å². The van der Waals surface area contributed by atoms with Crippen LogP contribution >= 0.6 is 11.3 Å². The number of hydrogen-bond donors (Lipinski definition) is 2. The third kappa shape index (κ3) is 4.85. The number of rotatable bonds is 5. The first-order chi connectivity index (χ1) is 12.9. The molecule has 1 unspecified atom stereocenters. The highest BCUT2D eigenvalue weighted by atomic mass is 32.1. The molecule has 9 heteroatoms. The molecule has 146 valence electrons. The fourth-order valence-corrected chi connectivity index (χ4v) is 3.95. The second-order valence-corrected chi connectivity index (χ2v) is 7.53. The zero-order valence-corrected chi connectivity index (χ0v) is 15.7. The Morgan fingerprint density at radius 2 is 1.96 bits per heavy atom. The maximum absolute atomic E-state index is 13.5. The van der Waals surface area contributed by atoms with Crippen LogP contribution in [-0.4, -0.2) is 60.7 Å². The van der Waals surface area contributed by atoms with Gasteiger partial charge in [-0.15, -0.1) is 11.3 Å². The van der Waals surface area contributed by atoms with Crippen LogP contribution in [0.1, 0.15) is 14.7 Å². The molecule has 0 bridgehead atoms. The maximum atomic E-state index is 13.5. The van der Waals surface area contributed by atoms with Crippen molar-refractivity contribution in [1.29, 1.82) is 0 Å². The highest BCUT2D eigenvalue weighted by molar-refractivity contribution is 7.14. The minimum absolute atomic E-state index is 0.301. The molecule has 1 aliphatic heterocycles. The number of carbonyl (C=O) groups is 1. The number of halogens is 3. The third-order valence-corrected chi connectivity index (χ3v) is 5.38. The molecule has 0 saturated carbocycles. The summed E-state index contributed by atoms with van der Waals surface area (Å²) in [6.07, 6.45) is -4.41. The van der Waals surface area contributed by atoms with Gasteiger partial charge >= 0.3 is 6.18 Å². The molecule has 0 spiro atoms. The first-order valence-electron chi connectivity index (χ1n) is 8.69. The monoisotopic (exact) mass is 398 g/mol. The lowest BCUT2D eigenvalue weighted by Gasteiger charge is -2.35. The van der Waals surface area contributed by atoms with Gasteiger partial charge in [0.05, 0.1) is 10.7 Å². The molecule has 1 aromatic carbocycles. The summed E-state index contributed by atoms with van der Waals surface area (Å²) in [5.41, 5.74) is 1.27. The van der Waals surface area contributed by atoms with E-state index in [-0.39, 0.29) is 0 Å². The fourth-order valence-electron chi connectivity index (χ4n) is 3.09. The van der Waals surface area contributed by atoms with Gasteiger partial charge in [-0.3, -0.25) is 9.69 Å². The van der Waals surface area contributed by atoms with Crippen LogP contribution < -0.4 is 10.6 Å². The zero-order valence-electron chi connectivity index (χ0n) is 14.8. The Kier molecular flexibility index (Phi) is 6.13. The molecule has 2 aromatic rings. The van der Waals surface area contributed by atoms with Gasteiger partial charge in [0.2, 0.25) is 0 Å². The van der Waals surface area contributed by atoms with E-state index in [1.54, 1.807) is 6.92 Å². The summed E-state index contributed by atoms with van der Waals surface area (Å²) < 4.78 is 40.4. The average molecular weight is 398 g/mol. The third-order valence-electron chi connectivity index (χ3n) is 4.41. The summed E-state index contributed by atoms with van der Waals surface area (Å²) in [7, 11) is 0. The van der Waals surface area contributed by atoms with Gasteiger partial charge in [0.15, 0.2) is 0 Å². The molecule has 1 aromatic heterocycles. The summed E-state index contributed by atoms with van der Waals surface area (Å²) in [5, 5.41) is 6.20. The molecular formula is C18H21F3N4OS. The number of thiazole rings is 1. The Balaban J connectivity index is 1.75. The second kappa shape index (κ2) is 8.37. The first-order valence-corrected chi connectivity index (χ1v) is 9.50. The van der Waals surface area contributed by atoms with Gasteiger partial charge in [0.25, 0.3) is 5.91 Å². The van der Waals surface area contributed by atoms with Crippen LogP contribution in [0.25, 0.3) is 11.3 Å². The van der Waals surface area contributed by atoms with Gasteiger partial charge in [-0.1, -0.05) is 30.3 Å². The van der Waals surface area contributed by atoms with Crippen LogP contribution in [-0.2, 0) is 0 Å². The fraction of sp³-hybridized carbons (Fsp3) is 0.444. The van der Waals surface area contributed by atoms with Gasteiger partial charge in [-0.25, -0.2) is 4.98 Å². The molecule has 1 amide bonds. The largest absolute Gasteiger partial charge is 0.405 e. The van der Waals surface area contributed by atoms with Crippen LogP contribution in [0, 0.1) is 6.92 Å². The number of nitrogens with one attached hydrogen (secondary N) is 2. The van der Waals surface area contributed by atoms with Crippen LogP contribution in [0.4, 0.5) is 13.2 Å². The van der Waals surface area contributed by atoms with Gasteiger partial charge < -0.3 is 10.6 Å². The van der Waals surface area contributed by atoms with Gasteiger partial charge in [0, 0.05) is 38.3 Å². The highest BCUT2D eigenvalue weighted by Gasteiger charge is 2.44. The SMILES string of the molecule is Cc1nc(-c2ccccc2)c(C(=O)NCC(N2CCNCC2)C(F)(F)F)s1. The van der Waals surface area contributed by atoms with Crippen molar-refractivity contribution >= 4 is 17.2 Å². The van der Waals surface area contributed by atoms with E-state index in [9.17, 15) is 18.0 Å². The zero-order chi connectivity index (χ0) is 19.4. The summed E-state index contributed by atoms with van der Waals surface area (Å²) >= 11 is 1.18. The number of benzene rings is 1. The number of piperazine rings is 1. The molecule has 1 fully saturated rings. The summed E-state index contributed by atoms with van der Waals surface area (Å²) in [4.78, 5) is 18.7. The Labute approximate surface area is 159 Å². The number of aromatic nitrogens is 1. The first kappa shape index (κ1) is 19.8. The van der Waals surface area contributed by atoms with E-state index in [0.29, 0.717) is 41.8 Å². The standard InChI is InChI=1S/C18H21F3N4OS/c1-12-24-15(13-5-3-2-4-6-13)16(27-12)17(26)23-11-14(18(19,20)21)25-9-7-22-8-10-25/h2-6,14,22H,7-11H2,1H3,(H,23,26). The molecule has 0 aliphatic carbocycles. The topological polar surface area (TPSA) is 57.3 Å². The van der Waals surface area contributed by atoms with Crippen LogP contribution in [0.2, 0.25) is 0 Å². The van der Waals surface area contributed by atoms with Crippen molar-refractivity contribution in [3.63, 3.8) is 0 Å². The van der Waals surface area contributed by atoms with Gasteiger partial charge in [-0.2, -0.15) is 13.2 Å². The molecule has 1 atom stereocenters. The Hall–Kier alpha value is -1.97. The number of aryl methyl sites for hydroxylation is 1. The second-order valence-electron chi connectivity index (χ2n) is 6.33. The van der Waals surface area contributed by atoms with E-state index >= 15 is 0 Å². The average Bonchev–Trinajstić information content (AvgIpc) is 3.04. The predicted molar refractivity (Wildman–Crippen MR) is 98.9 cm³/mol. The molecule has 1 saturated heterocycles. The molecule has 2 N–H and O–H groups in total. The molecule has 1 aliphatic rings. The van der Waals surface area contributed by atoms with E-state index in [1.165, 1.54) is 16.2 Å². The van der Waals surface area contributed by atoms with Crippen molar-refractivity contribution in [2.75, 3.05) is 32.7 Å². The molecule has 5 nitrogen and oxygen atoms in total. The lowest BCUT2D eigenvalue weighted by atomic mass is 10.1. The Bertz CT molecular complexity index is 773. The van der Waals surface area contributed by atoms with E-state index < -0.39 is 24.7 Å². The number of hydrogen-bond acceptors (Lipinski definition) is 5. The Morgan fingerprint density at radius 3 is 2.59 bits per heavy atom. The van der Waals surface area contributed by atoms with Gasteiger partial charge in [0.1, 0.15) is 10.9 Å². The molecular weight excluding hydrogens is 377 g/mol. The van der Waals surface area contributed by atoms with Crippen molar-refractivity contribution in [2.24, 2.45) is 0 Å². The lowest BCUT2D eigenvalue weighted by Crippen LogP contribution is -2.57. The van der Waals surface area contributed by atoms with Crippen LogP contribution in [0.5, 0.6) is 0 Å². The van der Waals surface area contributed by atoms with Gasteiger partial charge in [-0.05, 0) is 6.92 Å². The summed E-state index contributed by atoms with van der Waals surface area (Å²) in [6.45, 7) is 2.91. The highest BCUT2D eigenvalue weighted by Crippen LogP contribution is 2.29. The maximum Gasteiger partial charge on any atom is 0.405 e. The summed E-state index contributed by atoms with van der Waals surface area (Å²) in [5.74, 6) is -0.524. The molecule has 0 radical (unpaired) electrons. The van der Waals surface area contributed by atoms with Crippen molar-refractivity contribution in [2.45, 2.75) is 19.1 Å². The molecule has 27 heavy (non-hydrogen) atoms. The van der Waals surface area contributed by atoms with Crippen LogP contribution in [0.15, 0.2) is 30.3 Å². The Morgan fingerprint density at radius 1 is 1.30 bits per heavy atom. The number of carbonyl (C=O) groups excluding carboxylic acids is 1. The van der Waals surface area contributed by atoms with Crippen molar-refractivity contribution < 1.29 is 18.0 Å². The summed E-state index contributed by atoms with van der Waals surface area (Å²) in [6, 6.07) is 7.46.